The minimum atomic E-state index is -0.330. The second-order valence-electron chi connectivity index (χ2n) is 5.23. The van der Waals surface area contributed by atoms with E-state index in [-0.39, 0.29) is 18.6 Å². The van der Waals surface area contributed by atoms with Crippen molar-refractivity contribution >= 4 is 16.9 Å². The van der Waals surface area contributed by atoms with Crippen LogP contribution in [0, 0.1) is 0 Å². The van der Waals surface area contributed by atoms with E-state index in [0.717, 1.165) is 16.5 Å². The van der Waals surface area contributed by atoms with Crippen LogP contribution in [0.2, 0.25) is 0 Å². The van der Waals surface area contributed by atoms with Gasteiger partial charge in [0.1, 0.15) is 12.1 Å². The first-order chi connectivity index (χ1) is 11.2. The lowest BCUT2D eigenvalue weighted by molar-refractivity contribution is -0.133. The van der Waals surface area contributed by atoms with Crippen molar-refractivity contribution in [3.8, 4) is 5.75 Å². The van der Waals surface area contributed by atoms with E-state index in [0.29, 0.717) is 5.75 Å². The summed E-state index contributed by atoms with van der Waals surface area (Å²) in [5, 5.41) is 3.99. The molecule has 0 amide bonds. The summed E-state index contributed by atoms with van der Waals surface area (Å²) in [6, 6.07) is 15.3. The van der Waals surface area contributed by atoms with Gasteiger partial charge in [-0.05, 0) is 30.7 Å². The van der Waals surface area contributed by atoms with E-state index in [1.54, 1.807) is 24.4 Å². The van der Waals surface area contributed by atoms with E-state index < -0.39 is 0 Å². The molecule has 2 aromatic carbocycles. The molecule has 116 valence electrons. The molecule has 0 aliphatic rings. The summed E-state index contributed by atoms with van der Waals surface area (Å²) in [7, 11) is 0. The van der Waals surface area contributed by atoms with Crippen molar-refractivity contribution in [2.24, 2.45) is 0 Å². The number of ether oxygens (including phenoxy) is 1. The molecule has 3 aromatic rings. The molecule has 1 aromatic heterocycles. The average molecular weight is 307 g/mol. The molecule has 1 atom stereocenters. The number of carbonyl (C=O) groups is 1. The van der Waals surface area contributed by atoms with Crippen molar-refractivity contribution in [1.29, 1.82) is 0 Å². The molecule has 1 N–H and O–H groups in total. The number of fused-ring (bicyclic) bond motifs is 1. The fraction of sp³-hybridized carbons (Fsp3) is 0.167. The van der Waals surface area contributed by atoms with Crippen LogP contribution in [0.3, 0.4) is 0 Å². The molecule has 0 aliphatic heterocycles. The predicted octanol–water partition coefficient (Wildman–Crippen LogP) is 2.89. The number of rotatable bonds is 5. The highest BCUT2D eigenvalue weighted by atomic mass is 16.5. The van der Waals surface area contributed by atoms with Crippen molar-refractivity contribution in [3.05, 3.63) is 66.6 Å². The van der Waals surface area contributed by atoms with Gasteiger partial charge in [0.25, 0.3) is 0 Å². The molecule has 5 heteroatoms. The zero-order chi connectivity index (χ0) is 16.1. The SMILES string of the molecule is C[C@@H](NCC(=O)Oc1ccc2ncncc2c1)c1ccccc1. The molecule has 0 unspecified atom stereocenters. The van der Waals surface area contributed by atoms with Crippen molar-refractivity contribution < 1.29 is 9.53 Å². The van der Waals surface area contributed by atoms with Gasteiger partial charge in [-0.25, -0.2) is 9.97 Å². The fourth-order valence-corrected chi connectivity index (χ4v) is 2.29. The van der Waals surface area contributed by atoms with Gasteiger partial charge in [0.05, 0.1) is 12.1 Å². The highest BCUT2D eigenvalue weighted by Gasteiger charge is 2.09. The van der Waals surface area contributed by atoms with Gasteiger partial charge in [-0.1, -0.05) is 30.3 Å². The number of esters is 1. The topological polar surface area (TPSA) is 64.1 Å². The Morgan fingerprint density at radius 2 is 2.04 bits per heavy atom. The molecule has 0 saturated carbocycles. The molecule has 0 aliphatic carbocycles. The molecule has 1 heterocycles. The monoisotopic (exact) mass is 307 g/mol. The minimum Gasteiger partial charge on any atom is -0.426 e. The number of nitrogens with one attached hydrogen (secondary N) is 1. The maximum atomic E-state index is 12.0. The first-order valence-electron chi connectivity index (χ1n) is 7.41. The molecule has 0 bridgehead atoms. The summed E-state index contributed by atoms with van der Waals surface area (Å²) in [5.41, 5.74) is 1.94. The normalized spacial score (nSPS) is 12.0. The smallest absolute Gasteiger partial charge is 0.325 e. The van der Waals surface area contributed by atoms with Gasteiger partial charge in [0.15, 0.2) is 0 Å². The largest absolute Gasteiger partial charge is 0.426 e. The van der Waals surface area contributed by atoms with Crippen molar-refractivity contribution in [1.82, 2.24) is 15.3 Å². The summed E-state index contributed by atoms with van der Waals surface area (Å²) in [4.78, 5) is 20.1. The van der Waals surface area contributed by atoms with E-state index in [4.69, 9.17) is 4.74 Å². The maximum absolute atomic E-state index is 12.0. The van der Waals surface area contributed by atoms with Crippen molar-refractivity contribution in [2.45, 2.75) is 13.0 Å². The van der Waals surface area contributed by atoms with Crippen LogP contribution in [0.4, 0.5) is 0 Å². The molecule has 3 rings (SSSR count). The number of carbonyl (C=O) groups excluding carboxylic acids is 1. The van der Waals surface area contributed by atoms with E-state index in [1.165, 1.54) is 6.33 Å². The Hall–Kier alpha value is -2.79. The second kappa shape index (κ2) is 6.98. The van der Waals surface area contributed by atoms with Crippen LogP contribution in [0.15, 0.2) is 61.1 Å². The van der Waals surface area contributed by atoms with E-state index >= 15 is 0 Å². The minimum absolute atomic E-state index is 0.0775. The van der Waals surface area contributed by atoms with Crippen LogP contribution < -0.4 is 10.1 Å². The first kappa shape index (κ1) is 15.1. The van der Waals surface area contributed by atoms with E-state index in [9.17, 15) is 4.79 Å². The molecule has 0 fully saturated rings. The number of hydrogen-bond donors (Lipinski definition) is 1. The zero-order valence-electron chi connectivity index (χ0n) is 12.8. The lowest BCUT2D eigenvalue weighted by atomic mass is 10.1. The molecular weight excluding hydrogens is 290 g/mol. The van der Waals surface area contributed by atoms with Crippen LogP contribution in [-0.4, -0.2) is 22.5 Å². The van der Waals surface area contributed by atoms with Crippen LogP contribution in [0.25, 0.3) is 10.9 Å². The van der Waals surface area contributed by atoms with Crippen LogP contribution >= 0.6 is 0 Å². The number of aromatic nitrogens is 2. The highest BCUT2D eigenvalue weighted by molar-refractivity contribution is 5.81. The average Bonchev–Trinajstić information content (AvgIpc) is 2.60. The standard InChI is InChI=1S/C18H17N3O2/c1-13(14-5-3-2-4-6-14)20-11-18(22)23-16-7-8-17-15(9-16)10-19-12-21-17/h2-10,12-13,20H,11H2,1H3/t13-/m1/s1. The Labute approximate surface area is 134 Å². The van der Waals surface area contributed by atoms with Gasteiger partial charge in [0, 0.05) is 17.6 Å². The number of benzene rings is 2. The Morgan fingerprint density at radius 1 is 1.22 bits per heavy atom. The Morgan fingerprint density at radius 3 is 2.87 bits per heavy atom. The third-order valence-corrected chi connectivity index (χ3v) is 3.56. The van der Waals surface area contributed by atoms with Gasteiger partial charge in [-0.15, -0.1) is 0 Å². The summed E-state index contributed by atoms with van der Waals surface area (Å²) in [6.45, 7) is 2.15. The molecular formula is C18H17N3O2. The maximum Gasteiger partial charge on any atom is 0.325 e. The van der Waals surface area contributed by atoms with E-state index in [1.807, 2.05) is 37.3 Å². The van der Waals surface area contributed by atoms with Gasteiger partial charge in [-0.3, -0.25) is 4.79 Å². The number of hydrogen-bond acceptors (Lipinski definition) is 5. The third kappa shape index (κ3) is 3.90. The molecule has 0 spiro atoms. The summed E-state index contributed by atoms with van der Waals surface area (Å²) >= 11 is 0. The fourth-order valence-electron chi connectivity index (χ4n) is 2.29. The first-order valence-corrected chi connectivity index (χ1v) is 7.41. The Balaban J connectivity index is 1.58. The van der Waals surface area contributed by atoms with Crippen LogP contribution in [0.1, 0.15) is 18.5 Å². The molecule has 23 heavy (non-hydrogen) atoms. The highest BCUT2D eigenvalue weighted by Crippen LogP contribution is 2.18. The Kier molecular flexibility index (Phi) is 4.59. The molecule has 0 radical (unpaired) electrons. The third-order valence-electron chi connectivity index (χ3n) is 3.56. The Bertz CT molecular complexity index is 805. The van der Waals surface area contributed by atoms with Crippen molar-refractivity contribution in [2.75, 3.05) is 6.54 Å². The van der Waals surface area contributed by atoms with Crippen LogP contribution in [0.5, 0.6) is 5.75 Å². The van der Waals surface area contributed by atoms with E-state index in [2.05, 4.69) is 15.3 Å². The summed E-state index contributed by atoms with van der Waals surface area (Å²) in [5.74, 6) is 0.162. The quantitative estimate of drug-likeness (QED) is 0.580. The zero-order valence-corrected chi connectivity index (χ0v) is 12.8. The lowest BCUT2D eigenvalue weighted by Gasteiger charge is -2.13. The predicted molar refractivity (Wildman–Crippen MR) is 88.0 cm³/mol. The number of nitrogens with zero attached hydrogens (tertiary/aromatic N) is 2. The molecule has 5 nitrogen and oxygen atoms in total. The molecule has 0 saturated heterocycles. The lowest BCUT2D eigenvalue weighted by Crippen LogP contribution is -2.28. The van der Waals surface area contributed by atoms with Crippen molar-refractivity contribution in [3.63, 3.8) is 0 Å². The van der Waals surface area contributed by atoms with Gasteiger partial charge in [0.2, 0.25) is 0 Å². The van der Waals surface area contributed by atoms with Gasteiger partial charge < -0.3 is 10.1 Å². The van der Waals surface area contributed by atoms with Crippen LogP contribution in [-0.2, 0) is 4.79 Å². The van der Waals surface area contributed by atoms with Gasteiger partial charge in [-0.2, -0.15) is 0 Å². The summed E-state index contributed by atoms with van der Waals surface area (Å²) < 4.78 is 5.35. The second-order valence-corrected chi connectivity index (χ2v) is 5.23. The van der Waals surface area contributed by atoms with Gasteiger partial charge >= 0.3 is 5.97 Å². The summed E-state index contributed by atoms with van der Waals surface area (Å²) in [6.07, 6.45) is 3.18.